The molecule has 94 valence electrons. The van der Waals surface area contributed by atoms with Crippen LogP contribution in [0.1, 0.15) is 31.7 Å². The Labute approximate surface area is 102 Å². The van der Waals surface area contributed by atoms with Crippen LogP contribution in [0.4, 0.5) is 0 Å². The molecule has 17 heavy (non-hydrogen) atoms. The summed E-state index contributed by atoms with van der Waals surface area (Å²) in [5.41, 5.74) is 1.23. The highest BCUT2D eigenvalue weighted by Crippen LogP contribution is 2.20. The van der Waals surface area contributed by atoms with Crippen LogP contribution in [0, 0.1) is 0 Å². The van der Waals surface area contributed by atoms with Gasteiger partial charge in [0, 0.05) is 7.05 Å². The topological polar surface area (TPSA) is 55.6 Å². The second-order valence-electron chi connectivity index (χ2n) is 4.33. The second kappa shape index (κ2) is 6.25. The van der Waals surface area contributed by atoms with Crippen LogP contribution >= 0.6 is 0 Å². The van der Waals surface area contributed by atoms with Crippen LogP contribution < -0.4 is 10.6 Å². The van der Waals surface area contributed by atoms with Gasteiger partial charge in [0.15, 0.2) is 0 Å². The van der Waals surface area contributed by atoms with E-state index in [0.29, 0.717) is 18.9 Å². The summed E-state index contributed by atoms with van der Waals surface area (Å²) in [6.45, 7) is 4.61. The highest BCUT2D eigenvalue weighted by atomic mass is 16.5. The van der Waals surface area contributed by atoms with Crippen molar-refractivity contribution >= 4 is 5.91 Å². The van der Waals surface area contributed by atoms with Gasteiger partial charge in [-0.3, -0.25) is 9.80 Å². The van der Waals surface area contributed by atoms with Gasteiger partial charge in [-0.1, -0.05) is 26.0 Å². The minimum atomic E-state index is -0.134. The summed E-state index contributed by atoms with van der Waals surface area (Å²) >= 11 is 0. The summed E-state index contributed by atoms with van der Waals surface area (Å²) in [6.07, 6.45) is 0.291. The Morgan fingerprint density at radius 3 is 2.76 bits per heavy atom. The number of nitrogens with zero attached hydrogens (tertiary/aromatic N) is 1. The monoisotopic (exact) mass is 236 g/mol. The standard InChI is InChI=1S/C13H20N2O2/c1-10(2)11-5-4-6-12(9-11)17-8-7-13(16)15(3)14/h4-6,9-10H,7-8,14H2,1-3H3. The molecule has 1 aromatic carbocycles. The van der Waals surface area contributed by atoms with Crippen molar-refractivity contribution in [2.24, 2.45) is 5.84 Å². The molecule has 0 atom stereocenters. The third-order valence-corrected chi connectivity index (χ3v) is 2.50. The number of rotatable bonds is 5. The van der Waals surface area contributed by atoms with E-state index in [4.69, 9.17) is 10.6 Å². The second-order valence-corrected chi connectivity index (χ2v) is 4.33. The molecule has 0 fully saturated rings. The quantitative estimate of drug-likeness (QED) is 0.482. The fourth-order valence-electron chi connectivity index (χ4n) is 1.40. The Bertz CT molecular complexity index is 375. The molecule has 0 unspecified atom stereocenters. The SMILES string of the molecule is CC(C)c1cccc(OCCC(=O)N(C)N)c1. The van der Waals surface area contributed by atoms with Gasteiger partial charge in [-0.05, 0) is 23.6 Å². The minimum Gasteiger partial charge on any atom is -0.493 e. The fraction of sp³-hybridized carbons (Fsp3) is 0.462. The van der Waals surface area contributed by atoms with E-state index in [2.05, 4.69) is 19.9 Å². The van der Waals surface area contributed by atoms with E-state index < -0.39 is 0 Å². The van der Waals surface area contributed by atoms with Gasteiger partial charge in [0.25, 0.3) is 0 Å². The first kappa shape index (κ1) is 13.5. The number of carbonyl (C=O) groups is 1. The lowest BCUT2D eigenvalue weighted by atomic mass is 10.0. The molecular weight excluding hydrogens is 216 g/mol. The molecule has 4 nitrogen and oxygen atoms in total. The Morgan fingerprint density at radius 2 is 2.18 bits per heavy atom. The Hall–Kier alpha value is -1.55. The normalized spacial score (nSPS) is 10.4. The Kier molecular flexibility index (Phi) is 4.97. The molecule has 4 heteroatoms. The van der Waals surface area contributed by atoms with Gasteiger partial charge >= 0.3 is 0 Å². The maximum absolute atomic E-state index is 11.2. The van der Waals surface area contributed by atoms with Gasteiger partial charge in [0.05, 0.1) is 13.0 Å². The summed E-state index contributed by atoms with van der Waals surface area (Å²) in [4.78, 5) is 11.2. The van der Waals surface area contributed by atoms with Gasteiger partial charge in [-0.15, -0.1) is 0 Å². The maximum Gasteiger partial charge on any atom is 0.239 e. The van der Waals surface area contributed by atoms with Crippen molar-refractivity contribution < 1.29 is 9.53 Å². The van der Waals surface area contributed by atoms with E-state index in [9.17, 15) is 4.79 Å². The van der Waals surface area contributed by atoms with Gasteiger partial charge in [-0.25, -0.2) is 5.84 Å². The summed E-state index contributed by atoms with van der Waals surface area (Å²) in [6, 6.07) is 7.92. The zero-order valence-corrected chi connectivity index (χ0v) is 10.6. The zero-order valence-electron chi connectivity index (χ0n) is 10.6. The van der Waals surface area contributed by atoms with Crippen molar-refractivity contribution in [1.82, 2.24) is 5.01 Å². The number of benzene rings is 1. The third kappa shape index (κ3) is 4.44. The van der Waals surface area contributed by atoms with E-state index in [1.165, 1.54) is 12.6 Å². The molecule has 2 N–H and O–H groups in total. The molecule has 0 heterocycles. The average molecular weight is 236 g/mol. The largest absolute Gasteiger partial charge is 0.493 e. The molecule has 0 aromatic heterocycles. The van der Waals surface area contributed by atoms with Crippen molar-refractivity contribution in [3.63, 3.8) is 0 Å². The summed E-state index contributed by atoms with van der Waals surface area (Å²) in [5.74, 6) is 6.44. The van der Waals surface area contributed by atoms with Gasteiger partial charge in [0.2, 0.25) is 5.91 Å². The molecule has 0 aliphatic rings. The minimum absolute atomic E-state index is 0.134. The first-order chi connectivity index (χ1) is 8.00. The van der Waals surface area contributed by atoms with Crippen LogP contribution in [-0.4, -0.2) is 24.6 Å². The molecule has 0 saturated carbocycles. The number of hydrogen-bond acceptors (Lipinski definition) is 3. The Morgan fingerprint density at radius 1 is 1.47 bits per heavy atom. The van der Waals surface area contributed by atoms with E-state index >= 15 is 0 Å². The number of hydrogen-bond donors (Lipinski definition) is 1. The third-order valence-electron chi connectivity index (χ3n) is 2.50. The molecule has 1 rings (SSSR count). The van der Waals surface area contributed by atoms with Crippen LogP contribution in [0.3, 0.4) is 0 Å². The van der Waals surface area contributed by atoms with Gasteiger partial charge < -0.3 is 4.74 Å². The molecule has 0 aliphatic heterocycles. The van der Waals surface area contributed by atoms with Crippen molar-refractivity contribution in [3.8, 4) is 5.75 Å². The van der Waals surface area contributed by atoms with Gasteiger partial charge in [-0.2, -0.15) is 0 Å². The highest BCUT2D eigenvalue weighted by molar-refractivity contribution is 5.75. The summed E-state index contributed by atoms with van der Waals surface area (Å²) in [7, 11) is 1.53. The number of amides is 1. The first-order valence-corrected chi connectivity index (χ1v) is 5.74. The average Bonchev–Trinajstić information content (AvgIpc) is 2.29. The van der Waals surface area contributed by atoms with Crippen LogP contribution in [0.2, 0.25) is 0 Å². The molecular formula is C13H20N2O2. The smallest absolute Gasteiger partial charge is 0.239 e. The van der Waals surface area contributed by atoms with Crippen LogP contribution in [0.25, 0.3) is 0 Å². The fourth-order valence-corrected chi connectivity index (χ4v) is 1.40. The zero-order chi connectivity index (χ0) is 12.8. The summed E-state index contributed by atoms with van der Waals surface area (Å²) < 4.78 is 5.51. The first-order valence-electron chi connectivity index (χ1n) is 5.74. The molecule has 0 radical (unpaired) electrons. The lowest BCUT2D eigenvalue weighted by Gasteiger charge is -2.12. The predicted molar refractivity (Wildman–Crippen MR) is 67.6 cm³/mol. The van der Waals surface area contributed by atoms with Crippen molar-refractivity contribution in [2.75, 3.05) is 13.7 Å². The number of hydrazine groups is 1. The molecule has 0 spiro atoms. The van der Waals surface area contributed by atoms with E-state index in [0.717, 1.165) is 10.8 Å². The van der Waals surface area contributed by atoms with Gasteiger partial charge in [0.1, 0.15) is 5.75 Å². The molecule has 1 aromatic rings. The van der Waals surface area contributed by atoms with Crippen LogP contribution in [0.15, 0.2) is 24.3 Å². The van der Waals surface area contributed by atoms with Crippen molar-refractivity contribution in [3.05, 3.63) is 29.8 Å². The lowest BCUT2D eigenvalue weighted by Crippen LogP contribution is -2.33. The number of ether oxygens (including phenoxy) is 1. The lowest BCUT2D eigenvalue weighted by molar-refractivity contribution is -0.130. The highest BCUT2D eigenvalue weighted by Gasteiger charge is 2.05. The molecule has 1 amide bonds. The van der Waals surface area contributed by atoms with Crippen LogP contribution in [0.5, 0.6) is 5.75 Å². The van der Waals surface area contributed by atoms with E-state index in [1.54, 1.807) is 0 Å². The van der Waals surface area contributed by atoms with Crippen LogP contribution in [-0.2, 0) is 4.79 Å². The van der Waals surface area contributed by atoms with Crippen molar-refractivity contribution in [1.29, 1.82) is 0 Å². The van der Waals surface area contributed by atoms with E-state index in [1.807, 2.05) is 18.2 Å². The number of carbonyl (C=O) groups excluding carboxylic acids is 1. The Balaban J connectivity index is 2.47. The van der Waals surface area contributed by atoms with Crippen molar-refractivity contribution in [2.45, 2.75) is 26.2 Å². The molecule has 0 saturated heterocycles. The number of nitrogens with two attached hydrogens (primary N) is 1. The molecule has 0 aliphatic carbocycles. The summed E-state index contributed by atoms with van der Waals surface area (Å²) in [5, 5.41) is 1.08. The van der Waals surface area contributed by atoms with E-state index in [-0.39, 0.29) is 5.91 Å². The maximum atomic E-state index is 11.2. The molecule has 0 bridgehead atoms. The predicted octanol–water partition coefficient (Wildman–Crippen LogP) is 1.91.